The van der Waals surface area contributed by atoms with Gasteiger partial charge in [-0.2, -0.15) is 0 Å². The van der Waals surface area contributed by atoms with Gasteiger partial charge in [0.2, 0.25) is 0 Å². The number of rotatable bonds is 7. The van der Waals surface area contributed by atoms with Crippen molar-refractivity contribution < 1.29 is 14.2 Å². The van der Waals surface area contributed by atoms with Gasteiger partial charge in [0.05, 0.1) is 17.6 Å². The number of para-hydroxylation sites is 2. The van der Waals surface area contributed by atoms with E-state index in [9.17, 15) is 9.50 Å². The van der Waals surface area contributed by atoms with E-state index in [1.54, 1.807) is 0 Å². The lowest BCUT2D eigenvalue weighted by Crippen LogP contribution is -2.31. The predicted molar refractivity (Wildman–Crippen MR) is 90.3 cm³/mol. The summed E-state index contributed by atoms with van der Waals surface area (Å²) < 4.78 is 20.3. The van der Waals surface area contributed by atoms with Crippen LogP contribution in [0.1, 0.15) is 5.82 Å². The number of imidazole rings is 1. The fourth-order valence-corrected chi connectivity index (χ4v) is 2.49. The molecule has 2 N–H and O–H groups in total. The second-order valence-corrected chi connectivity index (χ2v) is 5.63. The van der Waals surface area contributed by atoms with E-state index < -0.39 is 6.10 Å². The van der Waals surface area contributed by atoms with Gasteiger partial charge in [0.25, 0.3) is 0 Å². The molecule has 126 valence electrons. The Morgan fingerprint density at radius 3 is 2.71 bits per heavy atom. The van der Waals surface area contributed by atoms with Crippen LogP contribution in [0.2, 0.25) is 0 Å². The summed E-state index contributed by atoms with van der Waals surface area (Å²) >= 11 is 0. The van der Waals surface area contributed by atoms with E-state index in [4.69, 9.17) is 4.74 Å². The third-order valence-corrected chi connectivity index (χ3v) is 3.80. The number of nitrogens with zero attached hydrogens (tertiary/aromatic N) is 2. The van der Waals surface area contributed by atoms with Crippen molar-refractivity contribution in [2.45, 2.75) is 12.6 Å². The molecule has 1 heterocycles. The number of nitrogens with one attached hydrogen (secondary N) is 1. The summed E-state index contributed by atoms with van der Waals surface area (Å²) in [6.07, 6.45) is -0.662. The number of ether oxygens (including phenoxy) is 1. The topological polar surface area (TPSA) is 59.3 Å². The Balaban J connectivity index is 1.46. The second-order valence-electron chi connectivity index (χ2n) is 5.63. The highest BCUT2D eigenvalue weighted by Crippen LogP contribution is 2.14. The molecule has 0 aliphatic heterocycles. The molecular formula is C18H20FN3O2. The molecule has 0 saturated carbocycles. The number of aryl methyl sites for hydroxylation is 1. The van der Waals surface area contributed by atoms with E-state index in [1.807, 2.05) is 35.9 Å². The van der Waals surface area contributed by atoms with Gasteiger partial charge in [-0.25, -0.2) is 9.37 Å². The molecule has 3 rings (SSSR count). The SMILES string of the molecule is Cn1c(CNCC(O)COc2ccc(F)cc2)nc2ccccc21. The number of benzene rings is 2. The van der Waals surface area contributed by atoms with Gasteiger partial charge in [0.15, 0.2) is 0 Å². The first kappa shape index (κ1) is 16.4. The van der Waals surface area contributed by atoms with Crippen LogP contribution in [0.4, 0.5) is 4.39 Å². The Bertz CT molecular complexity index is 802. The Labute approximate surface area is 139 Å². The highest BCUT2D eigenvalue weighted by Gasteiger charge is 2.09. The number of aliphatic hydroxyl groups excluding tert-OH is 1. The molecule has 1 atom stereocenters. The van der Waals surface area contributed by atoms with Crippen molar-refractivity contribution in [2.75, 3.05) is 13.2 Å². The minimum absolute atomic E-state index is 0.140. The maximum Gasteiger partial charge on any atom is 0.123 e. The van der Waals surface area contributed by atoms with Crippen molar-refractivity contribution in [3.05, 3.63) is 60.2 Å². The zero-order valence-electron chi connectivity index (χ0n) is 13.4. The molecule has 0 spiro atoms. The first-order valence-electron chi connectivity index (χ1n) is 7.81. The molecule has 0 amide bonds. The van der Waals surface area contributed by atoms with Crippen LogP contribution in [0.15, 0.2) is 48.5 Å². The van der Waals surface area contributed by atoms with Crippen LogP contribution in [0.25, 0.3) is 11.0 Å². The van der Waals surface area contributed by atoms with Crippen LogP contribution >= 0.6 is 0 Å². The quantitative estimate of drug-likeness (QED) is 0.698. The number of hydrogen-bond donors (Lipinski definition) is 2. The average molecular weight is 329 g/mol. The van der Waals surface area contributed by atoms with Crippen LogP contribution < -0.4 is 10.1 Å². The van der Waals surface area contributed by atoms with Gasteiger partial charge in [0, 0.05) is 13.6 Å². The standard InChI is InChI=1S/C18H20FN3O2/c1-22-17-5-3-2-4-16(17)21-18(22)11-20-10-14(23)12-24-15-8-6-13(19)7-9-15/h2-9,14,20,23H,10-12H2,1H3. The van der Waals surface area contributed by atoms with Crippen molar-refractivity contribution >= 4 is 11.0 Å². The number of aliphatic hydroxyl groups is 1. The summed E-state index contributed by atoms with van der Waals surface area (Å²) in [6.45, 7) is 1.07. The normalized spacial score (nSPS) is 12.5. The molecule has 24 heavy (non-hydrogen) atoms. The number of fused-ring (bicyclic) bond motifs is 1. The minimum Gasteiger partial charge on any atom is -0.491 e. The van der Waals surface area contributed by atoms with Gasteiger partial charge in [-0.15, -0.1) is 0 Å². The van der Waals surface area contributed by atoms with Gasteiger partial charge in [-0.3, -0.25) is 0 Å². The van der Waals surface area contributed by atoms with Crippen LogP contribution in [-0.4, -0.2) is 33.9 Å². The fourth-order valence-electron chi connectivity index (χ4n) is 2.49. The Kier molecular flexibility index (Phi) is 5.08. The van der Waals surface area contributed by atoms with E-state index >= 15 is 0 Å². The smallest absolute Gasteiger partial charge is 0.123 e. The molecule has 0 saturated heterocycles. The van der Waals surface area contributed by atoms with Crippen molar-refractivity contribution in [3.8, 4) is 5.75 Å². The molecular weight excluding hydrogens is 309 g/mol. The van der Waals surface area contributed by atoms with Gasteiger partial charge in [0.1, 0.15) is 30.1 Å². The third kappa shape index (κ3) is 3.90. The van der Waals surface area contributed by atoms with E-state index in [0.29, 0.717) is 18.8 Å². The van der Waals surface area contributed by atoms with Crippen molar-refractivity contribution in [1.82, 2.24) is 14.9 Å². The molecule has 0 aliphatic carbocycles. The molecule has 1 aromatic heterocycles. The van der Waals surface area contributed by atoms with Crippen LogP contribution in [0, 0.1) is 5.82 Å². The summed E-state index contributed by atoms with van der Waals surface area (Å²) in [4.78, 5) is 4.56. The van der Waals surface area contributed by atoms with Crippen molar-refractivity contribution in [3.63, 3.8) is 0 Å². The lowest BCUT2D eigenvalue weighted by Gasteiger charge is -2.13. The number of halogens is 1. The maximum absolute atomic E-state index is 12.8. The largest absolute Gasteiger partial charge is 0.491 e. The summed E-state index contributed by atoms with van der Waals surface area (Å²) in [5.74, 6) is 1.13. The molecule has 0 fully saturated rings. The van der Waals surface area contributed by atoms with Gasteiger partial charge in [-0.05, 0) is 36.4 Å². The van der Waals surface area contributed by atoms with Crippen LogP contribution in [0.3, 0.4) is 0 Å². The third-order valence-electron chi connectivity index (χ3n) is 3.80. The lowest BCUT2D eigenvalue weighted by molar-refractivity contribution is 0.106. The molecule has 5 nitrogen and oxygen atoms in total. The van der Waals surface area contributed by atoms with E-state index in [1.165, 1.54) is 24.3 Å². The van der Waals surface area contributed by atoms with Crippen LogP contribution in [0.5, 0.6) is 5.75 Å². The summed E-state index contributed by atoms with van der Waals surface area (Å²) in [5.41, 5.74) is 2.03. The zero-order valence-corrected chi connectivity index (χ0v) is 13.4. The monoisotopic (exact) mass is 329 g/mol. The first-order valence-corrected chi connectivity index (χ1v) is 7.81. The highest BCUT2D eigenvalue weighted by molar-refractivity contribution is 5.75. The highest BCUT2D eigenvalue weighted by atomic mass is 19.1. The summed E-state index contributed by atoms with van der Waals surface area (Å²) in [6, 6.07) is 13.7. The molecule has 1 unspecified atom stereocenters. The Morgan fingerprint density at radius 1 is 1.21 bits per heavy atom. The average Bonchev–Trinajstić information content (AvgIpc) is 2.91. The van der Waals surface area contributed by atoms with E-state index in [-0.39, 0.29) is 12.4 Å². The number of hydrogen-bond acceptors (Lipinski definition) is 4. The van der Waals surface area contributed by atoms with Gasteiger partial charge in [-0.1, -0.05) is 12.1 Å². The lowest BCUT2D eigenvalue weighted by atomic mass is 10.3. The molecule has 0 bridgehead atoms. The van der Waals surface area contributed by atoms with Crippen molar-refractivity contribution in [1.29, 1.82) is 0 Å². The first-order chi connectivity index (χ1) is 11.6. The fraction of sp³-hybridized carbons (Fsp3) is 0.278. The van der Waals surface area contributed by atoms with Gasteiger partial charge >= 0.3 is 0 Å². The predicted octanol–water partition coefficient (Wildman–Crippen LogP) is 2.24. The van der Waals surface area contributed by atoms with Gasteiger partial charge < -0.3 is 19.7 Å². The Morgan fingerprint density at radius 2 is 1.96 bits per heavy atom. The van der Waals surface area contributed by atoms with E-state index in [2.05, 4.69) is 10.3 Å². The second kappa shape index (κ2) is 7.42. The van der Waals surface area contributed by atoms with E-state index in [0.717, 1.165) is 16.9 Å². The maximum atomic E-state index is 12.8. The summed E-state index contributed by atoms with van der Waals surface area (Å²) in [5, 5.41) is 13.1. The molecule has 0 aliphatic rings. The number of aromatic nitrogens is 2. The molecule has 3 aromatic rings. The van der Waals surface area contributed by atoms with Crippen LogP contribution in [-0.2, 0) is 13.6 Å². The molecule has 0 radical (unpaired) electrons. The minimum atomic E-state index is -0.662. The Hall–Kier alpha value is -2.44. The zero-order chi connectivity index (χ0) is 16.9. The molecule has 6 heteroatoms. The van der Waals surface area contributed by atoms with Crippen molar-refractivity contribution in [2.24, 2.45) is 7.05 Å². The summed E-state index contributed by atoms with van der Waals surface area (Å²) in [7, 11) is 1.97. The molecule has 2 aromatic carbocycles.